The summed E-state index contributed by atoms with van der Waals surface area (Å²) in [5, 5.41) is 12.2. The third kappa shape index (κ3) is 5.70. The number of rotatable bonds is 6. The second-order valence-electron chi connectivity index (χ2n) is 5.28. The number of amides is 1. The smallest absolute Gasteiger partial charge is 0.262 e. The number of aromatic nitrogens is 1. The third-order valence-electron chi connectivity index (χ3n) is 3.55. The van der Waals surface area contributed by atoms with E-state index in [1.807, 2.05) is 61.5 Å². The van der Waals surface area contributed by atoms with Crippen LogP contribution >= 0.6 is 15.9 Å². The summed E-state index contributed by atoms with van der Waals surface area (Å²) in [5.41, 5.74) is 1.81. The van der Waals surface area contributed by atoms with Crippen molar-refractivity contribution < 1.29 is 4.79 Å². The average molecular weight is 396 g/mol. The Labute approximate surface area is 156 Å². The Morgan fingerprint density at radius 2 is 2.04 bits per heavy atom. The second-order valence-corrected chi connectivity index (χ2v) is 6.09. The average Bonchev–Trinajstić information content (AvgIpc) is 2.64. The third-order valence-corrected chi connectivity index (χ3v) is 3.99. The number of allylic oxidation sites excluding steroid dienone is 2. The first-order chi connectivity index (χ1) is 12.1. The maximum absolute atomic E-state index is 12.4. The molecule has 1 N–H and O–H groups in total. The summed E-state index contributed by atoms with van der Waals surface area (Å²) >= 11 is 3.30. The van der Waals surface area contributed by atoms with Crippen molar-refractivity contribution in [2.24, 2.45) is 0 Å². The van der Waals surface area contributed by atoms with E-state index in [2.05, 4.69) is 26.2 Å². The molecule has 0 saturated heterocycles. The van der Waals surface area contributed by atoms with Crippen LogP contribution in [0.1, 0.15) is 30.6 Å². The van der Waals surface area contributed by atoms with Gasteiger partial charge in [-0.3, -0.25) is 4.79 Å². The Morgan fingerprint density at radius 3 is 2.68 bits per heavy atom. The highest BCUT2D eigenvalue weighted by Gasteiger charge is 2.15. The molecule has 0 radical (unpaired) electrons. The van der Waals surface area contributed by atoms with Crippen LogP contribution < -0.4 is 5.32 Å². The van der Waals surface area contributed by atoms with Crippen molar-refractivity contribution in [1.82, 2.24) is 10.3 Å². The van der Waals surface area contributed by atoms with Crippen molar-refractivity contribution in [1.29, 1.82) is 5.26 Å². The molecule has 2 rings (SSSR count). The van der Waals surface area contributed by atoms with Gasteiger partial charge in [0.25, 0.3) is 5.91 Å². The van der Waals surface area contributed by atoms with Gasteiger partial charge in [0.2, 0.25) is 0 Å². The molecule has 126 valence electrons. The van der Waals surface area contributed by atoms with Crippen LogP contribution in [0.3, 0.4) is 0 Å². The Hall–Kier alpha value is -2.71. The Morgan fingerprint density at radius 1 is 1.28 bits per heavy atom. The normalized spacial score (nSPS) is 12.6. The molecule has 5 heteroatoms. The maximum atomic E-state index is 12.4. The summed E-state index contributed by atoms with van der Waals surface area (Å²) in [6.07, 6.45) is 5.63. The molecule has 1 amide bonds. The predicted molar refractivity (Wildman–Crippen MR) is 102 cm³/mol. The first-order valence-electron chi connectivity index (χ1n) is 7.91. The molecular weight excluding hydrogens is 378 g/mol. The summed E-state index contributed by atoms with van der Waals surface area (Å²) in [6.45, 7) is 1.99. The molecule has 0 bridgehead atoms. The van der Waals surface area contributed by atoms with E-state index in [1.54, 1.807) is 12.2 Å². The summed E-state index contributed by atoms with van der Waals surface area (Å²) in [6, 6.07) is 17.1. The molecule has 1 atom stereocenters. The van der Waals surface area contributed by atoms with Crippen LogP contribution in [-0.4, -0.2) is 10.9 Å². The number of nitrogens with one attached hydrogen (secondary N) is 1. The van der Waals surface area contributed by atoms with Crippen molar-refractivity contribution in [2.45, 2.75) is 19.4 Å². The van der Waals surface area contributed by atoms with Crippen LogP contribution in [0.2, 0.25) is 0 Å². The van der Waals surface area contributed by atoms with Crippen LogP contribution in [0.15, 0.2) is 70.9 Å². The Balaban J connectivity index is 2.08. The zero-order chi connectivity index (χ0) is 18.1. The lowest BCUT2D eigenvalue weighted by atomic mass is 10.0. The minimum Gasteiger partial charge on any atom is -0.345 e. The fourth-order valence-electron chi connectivity index (χ4n) is 2.27. The van der Waals surface area contributed by atoms with Gasteiger partial charge in [-0.2, -0.15) is 5.26 Å². The monoisotopic (exact) mass is 395 g/mol. The standard InChI is InChI=1S/C20H18BrN3O/c1-2-18(15-8-4-3-5-9-15)24-20(25)16(14-22)10-6-11-17-12-7-13-19(21)23-17/h3-13,18H,2H2,1H3,(H,24,25)/t18-/m0/s1. The van der Waals surface area contributed by atoms with Gasteiger partial charge in [-0.1, -0.05) is 49.4 Å². The van der Waals surface area contributed by atoms with E-state index in [9.17, 15) is 10.1 Å². The number of carbonyl (C=O) groups is 1. The van der Waals surface area contributed by atoms with E-state index < -0.39 is 0 Å². The van der Waals surface area contributed by atoms with Gasteiger partial charge in [-0.25, -0.2) is 4.98 Å². The lowest BCUT2D eigenvalue weighted by Gasteiger charge is -2.16. The predicted octanol–water partition coefficient (Wildman–Crippen LogP) is 4.57. The zero-order valence-electron chi connectivity index (χ0n) is 13.8. The highest BCUT2D eigenvalue weighted by Crippen LogP contribution is 2.16. The van der Waals surface area contributed by atoms with Crippen LogP contribution in [0, 0.1) is 11.3 Å². The molecule has 0 aliphatic carbocycles. The van der Waals surface area contributed by atoms with Gasteiger partial charge in [0, 0.05) is 0 Å². The first kappa shape index (κ1) is 18.6. The largest absolute Gasteiger partial charge is 0.345 e. The topological polar surface area (TPSA) is 65.8 Å². The maximum Gasteiger partial charge on any atom is 0.262 e. The van der Waals surface area contributed by atoms with Crippen LogP contribution in [0.4, 0.5) is 0 Å². The molecule has 1 heterocycles. The number of nitriles is 1. The Bertz CT molecular complexity index is 822. The van der Waals surface area contributed by atoms with Crippen LogP contribution in [0.25, 0.3) is 6.08 Å². The molecule has 0 fully saturated rings. The van der Waals surface area contributed by atoms with Crippen molar-refractivity contribution in [3.05, 3.63) is 82.1 Å². The molecular formula is C20H18BrN3O. The molecule has 25 heavy (non-hydrogen) atoms. The van der Waals surface area contributed by atoms with Gasteiger partial charge < -0.3 is 5.32 Å². The minimum atomic E-state index is -0.384. The fourth-order valence-corrected chi connectivity index (χ4v) is 2.62. The first-order valence-corrected chi connectivity index (χ1v) is 8.70. The van der Waals surface area contributed by atoms with E-state index in [-0.39, 0.29) is 17.5 Å². The number of carbonyl (C=O) groups excluding carboxylic acids is 1. The van der Waals surface area contributed by atoms with Gasteiger partial charge in [-0.05, 0) is 52.2 Å². The summed E-state index contributed by atoms with van der Waals surface area (Å²) < 4.78 is 0.727. The van der Waals surface area contributed by atoms with Gasteiger partial charge in [0.15, 0.2) is 0 Å². The fraction of sp³-hybridized carbons (Fsp3) is 0.150. The molecule has 1 aromatic carbocycles. The van der Waals surface area contributed by atoms with E-state index in [4.69, 9.17) is 0 Å². The van der Waals surface area contributed by atoms with E-state index in [0.717, 1.165) is 22.3 Å². The molecule has 2 aromatic rings. The number of halogens is 1. The van der Waals surface area contributed by atoms with E-state index in [0.29, 0.717) is 0 Å². The number of benzene rings is 1. The molecule has 1 aromatic heterocycles. The summed E-state index contributed by atoms with van der Waals surface area (Å²) in [7, 11) is 0. The highest BCUT2D eigenvalue weighted by molar-refractivity contribution is 9.10. The van der Waals surface area contributed by atoms with Crippen molar-refractivity contribution in [3.8, 4) is 6.07 Å². The molecule has 4 nitrogen and oxygen atoms in total. The van der Waals surface area contributed by atoms with Crippen molar-refractivity contribution in [3.63, 3.8) is 0 Å². The molecule has 0 unspecified atom stereocenters. The van der Waals surface area contributed by atoms with Crippen LogP contribution in [0.5, 0.6) is 0 Å². The second kappa shape index (κ2) is 9.55. The summed E-state index contributed by atoms with van der Waals surface area (Å²) in [4.78, 5) is 16.6. The quantitative estimate of drug-likeness (QED) is 0.337. The summed E-state index contributed by atoms with van der Waals surface area (Å²) in [5.74, 6) is -0.384. The number of nitrogens with zero attached hydrogens (tertiary/aromatic N) is 2. The lowest BCUT2D eigenvalue weighted by molar-refractivity contribution is -0.117. The van der Waals surface area contributed by atoms with Crippen molar-refractivity contribution >= 4 is 27.9 Å². The van der Waals surface area contributed by atoms with Gasteiger partial charge >= 0.3 is 0 Å². The Kier molecular flexibility index (Phi) is 7.12. The highest BCUT2D eigenvalue weighted by atomic mass is 79.9. The number of hydrogen-bond acceptors (Lipinski definition) is 3. The van der Waals surface area contributed by atoms with Gasteiger partial charge in [0.05, 0.1) is 11.7 Å². The van der Waals surface area contributed by atoms with Crippen LogP contribution in [-0.2, 0) is 4.79 Å². The number of pyridine rings is 1. The van der Waals surface area contributed by atoms with E-state index in [1.165, 1.54) is 6.08 Å². The molecule has 0 saturated carbocycles. The minimum absolute atomic E-state index is 0.0561. The van der Waals surface area contributed by atoms with Crippen molar-refractivity contribution in [2.75, 3.05) is 0 Å². The number of hydrogen-bond donors (Lipinski definition) is 1. The molecule has 0 aliphatic heterocycles. The SMILES string of the molecule is CC[C@H](NC(=O)C(C#N)=CC=Cc1cccc(Br)n1)c1ccccc1. The lowest BCUT2D eigenvalue weighted by Crippen LogP contribution is -2.29. The molecule has 0 aliphatic rings. The van der Waals surface area contributed by atoms with E-state index >= 15 is 0 Å². The van der Waals surface area contributed by atoms with Gasteiger partial charge in [-0.15, -0.1) is 0 Å². The van der Waals surface area contributed by atoms with Gasteiger partial charge in [0.1, 0.15) is 16.2 Å². The molecule has 0 spiro atoms. The zero-order valence-corrected chi connectivity index (χ0v) is 15.4.